The lowest BCUT2D eigenvalue weighted by molar-refractivity contribution is 0.135. The summed E-state index contributed by atoms with van der Waals surface area (Å²) in [6, 6.07) is 20.7. The summed E-state index contributed by atoms with van der Waals surface area (Å²) < 4.78 is 17.2. The smallest absolute Gasteiger partial charge is 0.416 e. The third-order valence-electron chi connectivity index (χ3n) is 7.99. The summed E-state index contributed by atoms with van der Waals surface area (Å²) in [6.45, 7) is 3.45. The van der Waals surface area contributed by atoms with Crippen LogP contribution in [0.25, 0.3) is 10.9 Å². The number of carbonyl (C=O) groups is 1. The first-order chi connectivity index (χ1) is 19.5. The van der Waals surface area contributed by atoms with Crippen molar-refractivity contribution >= 4 is 28.6 Å². The van der Waals surface area contributed by atoms with Crippen LogP contribution in [0.5, 0.6) is 17.2 Å². The van der Waals surface area contributed by atoms with E-state index in [0.29, 0.717) is 42.0 Å². The van der Waals surface area contributed by atoms with Gasteiger partial charge in [-0.15, -0.1) is 0 Å². The Morgan fingerprint density at radius 3 is 2.50 bits per heavy atom. The van der Waals surface area contributed by atoms with Crippen LogP contribution in [-0.4, -0.2) is 61.3 Å². The molecule has 208 valence electrons. The lowest BCUT2D eigenvalue weighted by atomic mass is 9.92. The van der Waals surface area contributed by atoms with E-state index in [1.807, 2.05) is 42.5 Å². The second-order valence-electron chi connectivity index (χ2n) is 10.7. The molecule has 0 spiro atoms. The normalized spacial score (nSPS) is 19.3. The monoisotopic (exact) mass is 559 g/mol. The Hall–Kier alpha value is -3.68. The van der Waals surface area contributed by atoms with E-state index in [-0.39, 0.29) is 6.04 Å². The zero-order valence-corrected chi connectivity index (χ0v) is 23.6. The van der Waals surface area contributed by atoms with Gasteiger partial charge in [-0.3, -0.25) is 4.90 Å². The number of nitrogens with one attached hydrogen (secondary N) is 1. The van der Waals surface area contributed by atoms with Crippen LogP contribution in [0.15, 0.2) is 66.7 Å². The molecule has 7 nitrogen and oxygen atoms in total. The van der Waals surface area contributed by atoms with Crippen LogP contribution in [0.4, 0.5) is 4.79 Å². The third kappa shape index (κ3) is 5.49. The highest BCUT2D eigenvalue weighted by atomic mass is 35.5. The number of rotatable bonds is 6. The van der Waals surface area contributed by atoms with E-state index < -0.39 is 6.09 Å². The number of hydrogen-bond acceptors (Lipinski definition) is 5. The Morgan fingerprint density at radius 2 is 1.75 bits per heavy atom. The molecule has 3 heterocycles. The molecule has 1 saturated heterocycles. The molecule has 6 rings (SSSR count). The van der Waals surface area contributed by atoms with Gasteiger partial charge in [-0.1, -0.05) is 23.7 Å². The summed E-state index contributed by atoms with van der Waals surface area (Å²) in [5.41, 5.74) is 4.14. The number of piperidine rings is 1. The topological polar surface area (TPSA) is 67.0 Å². The number of carbonyl (C=O) groups excluding carboxylic acids is 1. The summed E-state index contributed by atoms with van der Waals surface area (Å²) in [5.74, 6) is 2.55. The van der Waals surface area contributed by atoms with Gasteiger partial charge in [0.1, 0.15) is 23.3 Å². The number of halogens is 1. The molecule has 0 radical (unpaired) electrons. The predicted molar refractivity (Wildman–Crippen MR) is 157 cm³/mol. The number of hydrogen-bond donors (Lipinski definition) is 1. The quantitative estimate of drug-likeness (QED) is 0.285. The fourth-order valence-electron chi connectivity index (χ4n) is 5.98. The minimum atomic E-state index is -0.403. The molecule has 2 unspecified atom stereocenters. The van der Waals surface area contributed by atoms with Crippen molar-refractivity contribution < 1.29 is 19.0 Å². The fraction of sp³-hybridized carbons (Fsp3) is 0.344. The van der Waals surface area contributed by atoms with Crippen molar-refractivity contribution in [2.75, 3.05) is 40.4 Å². The van der Waals surface area contributed by atoms with Gasteiger partial charge in [-0.2, -0.15) is 0 Å². The second kappa shape index (κ2) is 11.4. The van der Waals surface area contributed by atoms with Gasteiger partial charge >= 0.3 is 6.09 Å². The summed E-state index contributed by atoms with van der Waals surface area (Å²) in [5, 5.41) is 1.78. The lowest BCUT2D eigenvalue weighted by Gasteiger charge is -2.35. The van der Waals surface area contributed by atoms with E-state index in [2.05, 4.69) is 16.9 Å². The Labute approximate surface area is 239 Å². The van der Waals surface area contributed by atoms with Crippen LogP contribution in [0.2, 0.25) is 5.02 Å². The molecule has 2 aliphatic rings. The molecule has 1 fully saturated rings. The summed E-state index contributed by atoms with van der Waals surface area (Å²) in [7, 11) is 3.78. The summed E-state index contributed by atoms with van der Waals surface area (Å²) >= 11 is 6.35. The van der Waals surface area contributed by atoms with Crippen LogP contribution in [0.1, 0.15) is 35.7 Å². The van der Waals surface area contributed by atoms with Gasteiger partial charge in [-0.25, -0.2) is 4.79 Å². The lowest BCUT2D eigenvalue weighted by Crippen LogP contribution is -2.42. The van der Waals surface area contributed by atoms with Gasteiger partial charge < -0.3 is 24.1 Å². The molecule has 1 aromatic heterocycles. The molecule has 0 saturated carbocycles. The Balaban J connectivity index is 1.28. The number of methoxy groups -OCH3 is 1. The van der Waals surface area contributed by atoms with Crippen LogP contribution < -0.4 is 14.2 Å². The van der Waals surface area contributed by atoms with Crippen LogP contribution >= 0.6 is 11.6 Å². The number of ether oxygens (including phenoxy) is 3. The molecule has 8 heteroatoms. The van der Waals surface area contributed by atoms with E-state index in [9.17, 15) is 4.79 Å². The minimum absolute atomic E-state index is 0.346. The average molecular weight is 560 g/mol. The first kappa shape index (κ1) is 26.5. The van der Waals surface area contributed by atoms with Crippen LogP contribution in [-0.2, 0) is 6.42 Å². The van der Waals surface area contributed by atoms with Crippen molar-refractivity contribution in [2.24, 2.45) is 5.92 Å². The molecule has 2 aliphatic heterocycles. The van der Waals surface area contributed by atoms with Crippen molar-refractivity contribution in [3.05, 3.63) is 88.6 Å². The molecular weight excluding hydrogens is 526 g/mol. The molecule has 0 bridgehead atoms. The Bertz CT molecular complexity index is 1480. The second-order valence-corrected chi connectivity index (χ2v) is 11.2. The van der Waals surface area contributed by atoms with Crippen LogP contribution in [0.3, 0.4) is 0 Å². The average Bonchev–Trinajstić information content (AvgIpc) is 3.34. The van der Waals surface area contributed by atoms with E-state index in [1.54, 1.807) is 36.3 Å². The highest BCUT2D eigenvalue weighted by Gasteiger charge is 2.36. The van der Waals surface area contributed by atoms with Gasteiger partial charge in [0.2, 0.25) is 0 Å². The maximum atomic E-state index is 13.6. The summed E-state index contributed by atoms with van der Waals surface area (Å²) in [4.78, 5) is 21.3. The highest BCUT2D eigenvalue weighted by molar-refractivity contribution is 6.31. The number of fused-ring (bicyclic) bond motifs is 3. The predicted octanol–water partition coefficient (Wildman–Crippen LogP) is 6.70. The van der Waals surface area contributed by atoms with Gasteiger partial charge in [0.15, 0.2) is 0 Å². The first-order valence-corrected chi connectivity index (χ1v) is 14.2. The van der Waals surface area contributed by atoms with Gasteiger partial charge in [-0.05, 0) is 98.6 Å². The van der Waals surface area contributed by atoms with Crippen LogP contribution in [0, 0.1) is 5.92 Å². The number of benzene rings is 3. The van der Waals surface area contributed by atoms with E-state index in [1.165, 1.54) is 18.4 Å². The zero-order chi connectivity index (χ0) is 27.6. The fourth-order valence-corrected chi connectivity index (χ4v) is 6.15. The van der Waals surface area contributed by atoms with Gasteiger partial charge in [0, 0.05) is 40.6 Å². The van der Waals surface area contributed by atoms with Crippen molar-refractivity contribution in [1.82, 2.24) is 14.8 Å². The van der Waals surface area contributed by atoms with Gasteiger partial charge in [0.05, 0.1) is 13.7 Å². The molecular formula is C32H34ClN3O4. The molecule has 1 amide bonds. The molecule has 2 atom stereocenters. The van der Waals surface area contributed by atoms with Crippen molar-refractivity contribution in [1.29, 1.82) is 0 Å². The van der Waals surface area contributed by atoms with E-state index in [4.69, 9.17) is 25.8 Å². The molecule has 1 N–H and O–H groups in total. The highest BCUT2D eigenvalue weighted by Crippen LogP contribution is 2.40. The molecule has 40 heavy (non-hydrogen) atoms. The largest absolute Gasteiger partial charge is 0.497 e. The van der Waals surface area contributed by atoms with E-state index in [0.717, 1.165) is 41.0 Å². The van der Waals surface area contributed by atoms with E-state index >= 15 is 0 Å². The number of H-pyrrole nitrogens is 1. The van der Waals surface area contributed by atoms with Crippen molar-refractivity contribution in [3.8, 4) is 17.2 Å². The number of aromatic amines is 1. The number of amides is 1. The Kier molecular flexibility index (Phi) is 7.59. The summed E-state index contributed by atoms with van der Waals surface area (Å²) in [6.07, 6.45) is 2.70. The molecule has 3 aromatic carbocycles. The number of likely N-dealkylation sites (tertiary alicyclic amines) is 1. The zero-order valence-electron chi connectivity index (χ0n) is 22.9. The Morgan fingerprint density at radius 1 is 1.00 bits per heavy atom. The SMILES string of the molecule is COc1ccc(OC(=O)N2CCc3c([nH]c4ccc(Cl)cc34)C2c2ccc(OCC3CCCN(C)C3)cc2)cc1. The van der Waals surface area contributed by atoms with Crippen molar-refractivity contribution in [2.45, 2.75) is 25.3 Å². The van der Waals surface area contributed by atoms with Crippen molar-refractivity contribution in [3.63, 3.8) is 0 Å². The number of nitrogens with zero attached hydrogens (tertiary/aromatic N) is 2. The maximum Gasteiger partial charge on any atom is 0.416 e. The standard InChI is InChI=1S/C32H34ClN3O4/c1-35-16-3-4-21(19-35)20-39-25-8-5-22(6-9-25)31-30-27(28-18-23(33)7-14-29(28)34-30)15-17-36(31)32(37)40-26-12-10-24(38-2)11-13-26/h5-14,18,21,31,34H,3-4,15-17,19-20H2,1-2H3. The third-order valence-corrected chi connectivity index (χ3v) is 8.23. The minimum Gasteiger partial charge on any atom is -0.497 e. The molecule has 4 aromatic rings. The van der Waals surface area contributed by atoms with Gasteiger partial charge in [0.25, 0.3) is 0 Å². The molecule has 0 aliphatic carbocycles. The number of aromatic nitrogens is 1. The first-order valence-electron chi connectivity index (χ1n) is 13.8. The maximum absolute atomic E-state index is 13.6.